The second kappa shape index (κ2) is 7.78. The molecular formula is C20H27N5OS. The van der Waals surface area contributed by atoms with Crippen LogP contribution in [0.1, 0.15) is 41.5 Å². The molecule has 1 amide bonds. The zero-order chi connectivity index (χ0) is 19.7. The van der Waals surface area contributed by atoms with Crippen molar-refractivity contribution in [1.29, 1.82) is 0 Å². The highest BCUT2D eigenvalue weighted by molar-refractivity contribution is 7.22. The third kappa shape index (κ3) is 4.04. The van der Waals surface area contributed by atoms with Gasteiger partial charge in [0.05, 0.1) is 10.2 Å². The number of nitrogens with zero attached hydrogens (tertiary/aromatic N) is 5. The van der Waals surface area contributed by atoms with E-state index < -0.39 is 0 Å². The topological polar surface area (TPSA) is 54.3 Å². The number of hydrogen-bond donors (Lipinski definition) is 0. The van der Waals surface area contributed by atoms with Gasteiger partial charge in [0.15, 0.2) is 5.13 Å². The lowest BCUT2D eigenvalue weighted by molar-refractivity contribution is 0.0973. The summed E-state index contributed by atoms with van der Waals surface area (Å²) in [5, 5.41) is 5.06. The number of benzene rings is 1. The van der Waals surface area contributed by atoms with Crippen LogP contribution in [-0.4, -0.2) is 52.8 Å². The van der Waals surface area contributed by atoms with Crippen LogP contribution in [0.5, 0.6) is 0 Å². The number of carbonyl (C=O) groups excluding carboxylic acids is 1. The second-order valence-corrected chi connectivity index (χ2v) is 8.45. The van der Waals surface area contributed by atoms with E-state index in [1.807, 2.05) is 27.9 Å². The van der Waals surface area contributed by atoms with Crippen molar-refractivity contribution in [3.8, 4) is 0 Å². The van der Waals surface area contributed by atoms with Crippen molar-refractivity contribution in [3.05, 3.63) is 41.2 Å². The second-order valence-electron chi connectivity index (χ2n) is 7.44. The first kappa shape index (κ1) is 19.5. The van der Waals surface area contributed by atoms with Crippen LogP contribution in [0.2, 0.25) is 0 Å². The van der Waals surface area contributed by atoms with Crippen molar-refractivity contribution in [2.24, 2.45) is 0 Å². The minimum atomic E-state index is -0.0588. The van der Waals surface area contributed by atoms with Crippen LogP contribution in [0.3, 0.4) is 0 Å². The smallest absolute Gasteiger partial charge is 0.278 e. The summed E-state index contributed by atoms with van der Waals surface area (Å²) in [5.41, 5.74) is 3.91. The van der Waals surface area contributed by atoms with Gasteiger partial charge in [-0.05, 0) is 65.0 Å². The van der Waals surface area contributed by atoms with E-state index in [9.17, 15) is 4.79 Å². The van der Waals surface area contributed by atoms with Crippen LogP contribution in [0.4, 0.5) is 5.13 Å². The Kier molecular flexibility index (Phi) is 5.62. The molecule has 2 aromatic heterocycles. The van der Waals surface area contributed by atoms with E-state index in [2.05, 4.69) is 36.0 Å². The molecule has 0 fully saturated rings. The summed E-state index contributed by atoms with van der Waals surface area (Å²) in [6.07, 6.45) is 1.68. The molecule has 0 atom stereocenters. The van der Waals surface area contributed by atoms with Crippen LogP contribution in [0.15, 0.2) is 24.4 Å². The van der Waals surface area contributed by atoms with Gasteiger partial charge in [-0.15, -0.1) is 0 Å². The van der Waals surface area contributed by atoms with Crippen LogP contribution >= 0.6 is 11.3 Å². The molecule has 6 nitrogen and oxygen atoms in total. The van der Waals surface area contributed by atoms with E-state index >= 15 is 0 Å². The molecule has 0 saturated heterocycles. The highest BCUT2D eigenvalue weighted by Gasteiger charge is 2.25. The van der Waals surface area contributed by atoms with Gasteiger partial charge in [0.25, 0.3) is 5.91 Å². The monoisotopic (exact) mass is 385 g/mol. The fourth-order valence-corrected chi connectivity index (χ4v) is 4.26. The number of fused-ring (bicyclic) bond motifs is 1. The third-order valence-electron chi connectivity index (χ3n) is 4.44. The number of amides is 1. The Balaban J connectivity index is 2.04. The fourth-order valence-electron chi connectivity index (χ4n) is 3.09. The van der Waals surface area contributed by atoms with E-state index in [1.54, 1.807) is 33.2 Å². The van der Waals surface area contributed by atoms with Gasteiger partial charge in [0.1, 0.15) is 5.69 Å². The van der Waals surface area contributed by atoms with Gasteiger partial charge in [0, 0.05) is 25.3 Å². The Morgan fingerprint density at radius 3 is 2.63 bits per heavy atom. The molecule has 0 aliphatic carbocycles. The Labute approximate surface area is 164 Å². The molecule has 2 heterocycles. The molecule has 0 spiro atoms. The van der Waals surface area contributed by atoms with E-state index in [4.69, 9.17) is 4.98 Å². The zero-order valence-corrected chi connectivity index (χ0v) is 17.7. The van der Waals surface area contributed by atoms with E-state index in [-0.39, 0.29) is 11.9 Å². The Bertz CT molecular complexity index is 957. The molecule has 0 radical (unpaired) electrons. The largest absolute Gasteiger partial charge is 0.308 e. The minimum Gasteiger partial charge on any atom is -0.308 e. The van der Waals surface area contributed by atoms with Crippen molar-refractivity contribution in [2.45, 2.75) is 33.7 Å². The number of aryl methyl sites for hydroxylation is 2. The number of hydrogen-bond acceptors (Lipinski definition) is 5. The summed E-state index contributed by atoms with van der Waals surface area (Å²) in [7, 11) is 4.01. The summed E-state index contributed by atoms with van der Waals surface area (Å²) in [4.78, 5) is 22.1. The number of thiazole rings is 1. The first-order chi connectivity index (χ1) is 12.8. The molecule has 0 saturated carbocycles. The van der Waals surface area contributed by atoms with Gasteiger partial charge in [-0.2, -0.15) is 5.10 Å². The molecule has 0 aliphatic heterocycles. The average molecular weight is 386 g/mol. The minimum absolute atomic E-state index is 0.0588. The van der Waals surface area contributed by atoms with Crippen LogP contribution in [0.25, 0.3) is 10.2 Å². The zero-order valence-electron chi connectivity index (χ0n) is 16.9. The molecular weight excluding hydrogens is 358 g/mol. The fraction of sp³-hybridized carbons (Fsp3) is 0.450. The first-order valence-corrected chi connectivity index (χ1v) is 9.97. The quantitative estimate of drug-likeness (QED) is 0.646. The predicted molar refractivity (Wildman–Crippen MR) is 112 cm³/mol. The van der Waals surface area contributed by atoms with Crippen LogP contribution in [0, 0.1) is 13.8 Å². The van der Waals surface area contributed by atoms with E-state index in [0.717, 1.165) is 27.5 Å². The van der Waals surface area contributed by atoms with Crippen molar-refractivity contribution >= 4 is 32.6 Å². The highest BCUT2D eigenvalue weighted by atomic mass is 32.1. The third-order valence-corrected chi connectivity index (χ3v) is 5.47. The molecule has 144 valence electrons. The number of likely N-dealkylation sites (N-methyl/N-ethyl adjacent to an activating group) is 1. The number of carbonyl (C=O) groups is 1. The van der Waals surface area contributed by atoms with Crippen molar-refractivity contribution in [2.75, 3.05) is 32.1 Å². The first-order valence-electron chi connectivity index (χ1n) is 9.16. The summed E-state index contributed by atoms with van der Waals surface area (Å²) in [5.74, 6) is -0.0588. The highest BCUT2D eigenvalue weighted by Crippen LogP contribution is 2.32. The van der Waals surface area contributed by atoms with Crippen molar-refractivity contribution in [1.82, 2.24) is 19.7 Å². The van der Waals surface area contributed by atoms with Crippen molar-refractivity contribution < 1.29 is 4.79 Å². The molecule has 0 N–H and O–H groups in total. The van der Waals surface area contributed by atoms with Gasteiger partial charge < -0.3 is 4.90 Å². The molecule has 1 aromatic carbocycles. The molecule has 0 aliphatic rings. The Morgan fingerprint density at radius 1 is 1.22 bits per heavy atom. The van der Waals surface area contributed by atoms with Crippen molar-refractivity contribution in [3.63, 3.8) is 0 Å². The summed E-state index contributed by atoms with van der Waals surface area (Å²) >= 11 is 1.57. The molecule has 3 rings (SSSR count). The molecule has 0 bridgehead atoms. The van der Waals surface area contributed by atoms with Gasteiger partial charge in [-0.3, -0.25) is 14.4 Å². The Morgan fingerprint density at radius 2 is 1.96 bits per heavy atom. The van der Waals surface area contributed by atoms with E-state index in [0.29, 0.717) is 12.2 Å². The Hall–Kier alpha value is -2.25. The standard InChI is InChI=1S/C20H27N5OS/c1-13(2)25-16(7-8-21-25)19(26)24(10-9-23(5)6)20-22-18-15(4)11-14(3)12-17(18)27-20/h7-8,11-13H,9-10H2,1-6H3. The summed E-state index contributed by atoms with van der Waals surface area (Å²) in [6.45, 7) is 9.54. The number of anilines is 1. The van der Waals surface area contributed by atoms with Gasteiger partial charge in [-0.25, -0.2) is 4.98 Å². The van der Waals surface area contributed by atoms with Crippen LogP contribution in [-0.2, 0) is 0 Å². The summed E-state index contributed by atoms with van der Waals surface area (Å²) in [6, 6.07) is 6.17. The lowest BCUT2D eigenvalue weighted by Crippen LogP contribution is -2.38. The maximum absolute atomic E-state index is 13.4. The average Bonchev–Trinajstić information content (AvgIpc) is 3.21. The molecule has 0 unspecified atom stereocenters. The molecule has 27 heavy (non-hydrogen) atoms. The van der Waals surface area contributed by atoms with Gasteiger partial charge in [-0.1, -0.05) is 17.4 Å². The number of aromatic nitrogens is 3. The maximum Gasteiger partial charge on any atom is 0.278 e. The predicted octanol–water partition coefficient (Wildman–Crippen LogP) is 3.90. The van der Waals surface area contributed by atoms with Gasteiger partial charge >= 0.3 is 0 Å². The van der Waals surface area contributed by atoms with Gasteiger partial charge in [0.2, 0.25) is 0 Å². The van der Waals surface area contributed by atoms with E-state index in [1.165, 1.54) is 5.56 Å². The SMILES string of the molecule is Cc1cc(C)c2nc(N(CCN(C)C)C(=O)c3ccnn3C(C)C)sc2c1. The molecule has 3 aromatic rings. The van der Waals surface area contributed by atoms with Crippen LogP contribution < -0.4 is 4.90 Å². The number of rotatable bonds is 6. The lowest BCUT2D eigenvalue weighted by Gasteiger charge is -2.22. The summed E-state index contributed by atoms with van der Waals surface area (Å²) < 4.78 is 2.88. The molecule has 7 heteroatoms. The normalized spacial score (nSPS) is 11.7. The lowest BCUT2D eigenvalue weighted by atomic mass is 10.1. The maximum atomic E-state index is 13.4.